The van der Waals surface area contributed by atoms with Crippen LogP contribution in [0.3, 0.4) is 0 Å². The number of hydrogen-bond donors (Lipinski definition) is 1. The zero-order chi connectivity index (χ0) is 9.42. The van der Waals surface area contributed by atoms with Gasteiger partial charge in [0.1, 0.15) is 11.2 Å². The molecule has 1 N–H and O–H groups in total. The largest absolute Gasteiger partial charge is 0.344 e. The number of nitrogens with one attached hydrogen (secondary N) is 1. The smallest absolute Gasteiger partial charge is 0.125 e. The minimum Gasteiger partial charge on any atom is -0.344 e. The molecule has 0 bridgehead atoms. The summed E-state index contributed by atoms with van der Waals surface area (Å²) in [5.41, 5.74) is 2.56. The highest BCUT2D eigenvalue weighted by Crippen LogP contribution is 2.25. The summed E-state index contributed by atoms with van der Waals surface area (Å²) in [6, 6.07) is 7.95. The molecule has 2 nitrogen and oxygen atoms in total. The zero-order valence-corrected chi connectivity index (χ0v) is 7.81. The molecular formula is C10H7ClN2. The Bertz CT molecular complexity index is 505. The maximum Gasteiger partial charge on any atom is 0.125 e. The van der Waals surface area contributed by atoms with Gasteiger partial charge in [0.2, 0.25) is 0 Å². The van der Waals surface area contributed by atoms with Crippen molar-refractivity contribution in [1.82, 2.24) is 4.98 Å². The number of aromatic amines is 1. The summed E-state index contributed by atoms with van der Waals surface area (Å²) in [6.45, 7) is 1.99. The van der Waals surface area contributed by atoms with Crippen molar-refractivity contribution in [3.8, 4) is 6.07 Å². The van der Waals surface area contributed by atoms with Gasteiger partial charge in [0.05, 0.1) is 5.56 Å². The number of halogens is 1. The first kappa shape index (κ1) is 8.15. The molecule has 1 aromatic carbocycles. The monoisotopic (exact) mass is 190 g/mol. The number of nitriles is 1. The highest BCUT2D eigenvalue weighted by molar-refractivity contribution is 6.32. The molecule has 2 aromatic rings. The Morgan fingerprint density at radius 1 is 1.46 bits per heavy atom. The normalized spacial score (nSPS) is 10.2. The Hall–Kier alpha value is -1.46. The molecule has 0 amide bonds. The van der Waals surface area contributed by atoms with Crippen LogP contribution in [0.5, 0.6) is 0 Å². The number of nitrogens with zero attached hydrogens (tertiary/aromatic N) is 1. The lowest BCUT2D eigenvalue weighted by molar-refractivity contribution is 1.44. The minimum absolute atomic E-state index is 0.420. The number of rotatable bonds is 0. The second-order valence-electron chi connectivity index (χ2n) is 2.97. The third-order valence-electron chi connectivity index (χ3n) is 2.02. The summed E-state index contributed by atoms with van der Waals surface area (Å²) in [4.78, 5) is 2.95. The van der Waals surface area contributed by atoms with Gasteiger partial charge in [-0.3, -0.25) is 0 Å². The molecule has 0 spiro atoms. The molecular weight excluding hydrogens is 184 g/mol. The summed E-state index contributed by atoms with van der Waals surface area (Å²) < 4.78 is 0. The van der Waals surface area contributed by atoms with Crippen LogP contribution >= 0.6 is 11.6 Å². The first-order valence-electron chi connectivity index (χ1n) is 3.90. The van der Waals surface area contributed by atoms with Gasteiger partial charge in [-0.15, -0.1) is 0 Å². The molecule has 0 radical (unpaired) electrons. The average molecular weight is 191 g/mol. The summed E-state index contributed by atoms with van der Waals surface area (Å²) in [5.74, 6) is 0. The van der Waals surface area contributed by atoms with E-state index in [-0.39, 0.29) is 0 Å². The fourth-order valence-electron chi connectivity index (χ4n) is 1.38. The summed E-state index contributed by atoms with van der Waals surface area (Å²) >= 11 is 5.84. The van der Waals surface area contributed by atoms with Gasteiger partial charge in [0, 0.05) is 10.9 Å². The van der Waals surface area contributed by atoms with Gasteiger partial charge in [-0.1, -0.05) is 23.2 Å². The second kappa shape index (κ2) is 2.79. The Labute approximate surface area is 80.7 Å². The molecule has 3 heteroatoms. The Morgan fingerprint density at radius 2 is 2.23 bits per heavy atom. The van der Waals surface area contributed by atoms with E-state index < -0.39 is 0 Å². The van der Waals surface area contributed by atoms with Crippen LogP contribution in [-0.2, 0) is 0 Å². The molecule has 13 heavy (non-hydrogen) atoms. The lowest BCUT2D eigenvalue weighted by Crippen LogP contribution is -1.73. The lowest BCUT2D eigenvalue weighted by Gasteiger charge is -1.91. The van der Waals surface area contributed by atoms with Crippen LogP contribution < -0.4 is 0 Å². The minimum atomic E-state index is 0.420. The van der Waals surface area contributed by atoms with Gasteiger partial charge >= 0.3 is 0 Å². The van der Waals surface area contributed by atoms with Gasteiger partial charge in [0.25, 0.3) is 0 Å². The van der Waals surface area contributed by atoms with Gasteiger partial charge in [-0.25, -0.2) is 0 Å². The van der Waals surface area contributed by atoms with Crippen molar-refractivity contribution < 1.29 is 0 Å². The van der Waals surface area contributed by atoms with E-state index in [1.165, 1.54) is 0 Å². The van der Waals surface area contributed by atoms with E-state index in [1.807, 2.05) is 25.1 Å². The van der Waals surface area contributed by atoms with E-state index >= 15 is 0 Å². The molecule has 0 fully saturated rings. The van der Waals surface area contributed by atoms with Crippen molar-refractivity contribution >= 4 is 22.5 Å². The van der Waals surface area contributed by atoms with Crippen molar-refractivity contribution in [3.63, 3.8) is 0 Å². The van der Waals surface area contributed by atoms with Crippen molar-refractivity contribution in [2.45, 2.75) is 6.92 Å². The average Bonchev–Trinajstić information content (AvgIpc) is 2.40. The Kier molecular flexibility index (Phi) is 1.75. The quantitative estimate of drug-likeness (QED) is 0.682. The topological polar surface area (TPSA) is 39.6 Å². The van der Waals surface area contributed by atoms with E-state index in [0.717, 1.165) is 16.5 Å². The van der Waals surface area contributed by atoms with Crippen molar-refractivity contribution in [1.29, 1.82) is 5.26 Å². The Balaban J connectivity index is 2.91. The molecule has 0 atom stereocenters. The molecule has 64 valence electrons. The van der Waals surface area contributed by atoms with E-state index in [9.17, 15) is 0 Å². The maximum atomic E-state index is 8.84. The molecule has 2 rings (SSSR count). The number of hydrogen-bond acceptors (Lipinski definition) is 1. The summed E-state index contributed by atoms with van der Waals surface area (Å²) in [7, 11) is 0. The molecule has 0 unspecified atom stereocenters. The van der Waals surface area contributed by atoms with Crippen LogP contribution in [0.15, 0.2) is 18.2 Å². The molecule has 0 aliphatic heterocycles. The van der Waals surface area contributed by atoms with Crippen LogP contribution in [0.2, 0.25) is 5.15 Å². The third-order valence-corrected chi connectivity index (χ3v) is 2.30. The number of benzene rings is 1. The highest BCUT2D eigenvalue weighted by atomic mass is 35.5. The summed E-state index contributed by atoms with van der Waals surface area (Å²) in [5, 5.41) is 10.2. The molecule has 0 aliphatic carbocycles. The van der Waals surface area contributed by atoms with E-state index in [0.29, 0.717) is 10.7 Å². The van der Waals surface area contributed by atoms with E-state index in [4.69, 9.17) is 16.9 Å². The fourth-order valence-corrected chi connectivity index (χ4v) is 1.63. The van der Waals surface area contributed by atoms with Crippen LogP contribution in [0, 0.1) is 18.3 Å². The van der Waals surface area contributed by atoms with Gasteiger partial charge in [-0.05, 0) is 19.1 Å². The maximum absolute atomic E-state index is 8.84. The predicted molar refractivity (Wildman–Crippen MR) is 52.8 cm³/mol. The van der Waals surface area contributed by atoms with Gasteiger partial charge < -0.3 is 4.98 Å². The fraction of sp³-hybridized carbons (Fsp3) is 0.100. The Morgan fingerprint density at radius 3 is 2.92 bits per heavy atom. The third kappa shape index (κ3) is 1.18. The molecule has 1 aromatic heterocycles. The molecule has 0 saturated carbocycles. The number of aromatic nitrogens is 1. The number of aryl methyl sites for hydroxylation is 1. The van der Waals surface area contributed by atoms with E-state index in [1.54, 1.807) is 0 Å². The molecule has 0 aliphatic rings. The van der Waals surface area contributed by atoms with Crippen LogP contribution in [0.4, 0.5) is 0 Å². The van der Waals surface area contributed by atoms with Crippen LogP contribution in [-0.4, -0.2) is 4.98 Å². The highest BCUT2D eigenvalue weighted by Gasteiger charge is 2.08. The summed E-state index contributed by atoms with van der Waals surface area (Å²) in [6.07, 6.45) is 0. The van der Waals surface area contributed by atoms with Gasteiger partial charge in [0.15, 0.2) is 0 Å². The molecule has 0 saturated heterocycles. The van der Waals surface area contributed by atoms with E-state index in [2.05, 4.69) is 11.1 Å². The number of H-pyrrole nitrogens is 1. The predicted octanol–water partition coefficient (Wildman–Crippen LogP) is 3.00. The zero-order valence-electron chi connectivity index (χ0n) is 7.06. The van der Waals surface area contributed by atoms with Gasteiger partial charge in [-0.2, -0.15) is 5.26 Å². The number of fused-ring (bicyclic) bond motifs is 1. The van der Waals surface area contributed by atoms with Crippen LogP contribution in [0.25, 0.3) is 10.9 Å². The second-order valence-corrected chi connectivity index (χ2v) is 3.35. The van der Waals surface area contributed by atoms with Crippen molar-refractivity contribution in [2.75, 3.05) is 0 Å². The first-order valence-corrected chi connectivity index (χ1v) is 4.28. The van der Waals surface area contributed by atoms with Crippen molar-refractivity contribution in [2.24, 2.45) is 0 Å². The van der Waals surface area contributed by atoms with Crippen LogP contribution in [0.1, 0.15) is 11.1 Å². The first-order chi connectivity index (χ1) is 6.22. The molecule has 1 heterocycles. The standard InChI is InChI=1S/C10H7ClN2/c1-6-2-3-9-7(4-6)8(5-12)10(11)13-9/h2-4,13H,1H3. The van der Waals surface area contributed by atoms with Crippen molar-refractivity contribution in [3.05, 3.63) is 34.5 Å². The lowest BCUT2D eigenvalue weighted by atomic mass is 10.1. The SMILES string of the molecule is Cc1ccc2[nH]c(Cl)c(C#N)c2c1.